The van der Waals surface area contributed by atoms with E-state index in [-0.39, 0.29) is 18.0 Å². The van der Waals surface area contributed by atoms with Crippen molar-refractivity contribution in [2.45, 2.75) is 12.7 Å². The molecule has 2 atom stereocenters. The van der Waals surface area contributed by atoms with Crippen molar-refractivity contribution in [3.05, 3.63) is 102 Å². The van der Waals surface area contributed by atoms with E-state index in [2.05, 4.69) is 22.6 Å². The van der Waals surface area contributed by atoms with Crippen molar-refractivity contribution in [2.24, 2.45) is 16.8 Å². The molecule has 0 unspecified atom stereocenters. The highest BCUT2D eigenvalue weighted by molar-refractivity contribution is 6.12. The van der Waals surface area contributed by atoms with E-state index < -0.39 is 12.1 Å². The van der Waals surface area contributed by atoms with Crippen molar-refractivity contribution in [3.8, 4) is 12.1 Å². The summed E-state index contributed by atoms with van der Waals surface area (Å²) < 4.78 is 1.84. The quantitative estimate of drug-likeness (QED) is 0.390. The number of anilines is 2. The molecule has 0 spiro atoms. The summed E-state index contributed by atoms with van der Waals surface area (Å²) in [4.78, 5) is 12.7. The number of hydrazone groups is 1. The number of hydrogen-bond acceptors (Lipinski definition) is 6. The van der Waals surface area contributed by atoms with Crippen molar-refractivity contribution in [1.82, 2.24) is 4.57 Å². The van der Waals surface area contributed by atoms with Gasteiger partial charge in [-0.3, -0.25) is 4.79 Å². The molecule has 0 saturated heterocycles. The predicted octanol–water partition coefficient (Wildman–Crippen LogP) is 4.49. The van der Waals surface area contributed by atoms with Gasteiger partial charge in [0.1, 0.15) is 24.7 Å². The first-order chi connectivity index (χ1) is 18.1. The number of nitrogens with one attached hydrogen (secondary N) is 1. The maximum Gasteiger partial charge on any atom is 0.244 e. The van der Waals surface area contributed by atoms with Gasteiger partial charge >= 0.3 is 0 Å². The summed E-state index contributed by atoms with van der Waals surface area (Å²) in [5.41, 5.74) is 9.97. The summed E-state index contributed by atoms with van der Waals surface area (Å²) in [5, 5.41) is 29.8. The number of nitrogens with zero attached hydrogens (tertiary/aromatic N) is 5. The van der Waals surface area contributed by atoms with Crippen LogP contribution in [0.2, 0.25) is 0 Å². The second-order valence-corrected chi connectivity index (χ2v) is 8.58. The van der Waals surface area contributed by atoms with E-state index in [1.165, 1.54) is 0 Å². The lowest BCUT2D eigenvalue weighted by molar-refractivity contribution is -0.116. The van der Waals surface area contributed by atoms with Gasteiger partial charge in [0.25, 0.3) is 0 Å². The molecule has 5 rings (SSSR count). The molecule has 2 heterocycles. The van der Waals surface area contributed by atoms with Crippen LogP contribution in [-0.2, 0) is 11.3 Å². The van der Waals surface area contributed by atoms with Crippen LogP contribution in [0.4, 0.5) is 11.4 Å². The lowest BCUT2D eigenvalue weighted by atomic mass is 9.95. The number of carbonyl (C=O) groups is 1. The monoisotopic (exact) mass is 485 g/mol. The Hall–Kier alpha value is -5.18. The zero-order valence-electron chi connectivity index (χ0n) is 19.8. The number of rotatable bonds is 6. The summed E-state index contributed by atoms with van der Waals surface area (Å²) in [7, 11) is 0. The third kappa shape index (κ3) is 4.70. The molecule has 3 N–H and O–H groups in total. The van der Waals surface area contributed by atoms with Crippen molar-refractivity contribution in [2.75, 3.05) is 10.3 Å². The van der Waals surface area contributed by atoms with Crippen LogP contribution in [0.5, 0.6) is 0 Å². The summed E-state index contributed by atoms with van der Waals surface area (Å²) >= 11 is 0. The number of nitriles is 2. The maximum atomic E-state index is 12.7. The third-order valence-corrected chi connectivity index (χ3v) is 6.18. The van der Waals surface area contributed by atoms with E-state index >= 15 is 0 Å². The molecule has 180 valence electrons. The fraction of sp³-hybridized carbons (Fsp3) is 0.103. The van der Waals surface area contributed by atoms with Crippen LogP contribution < -0.4 is 16.1 Å². The first kappa shape index (κ1) is 23.6. The molecular weight excluding hydrogens is 462 g/mol. The van der Waals surface area contributed by atoms with Gasteiger partial charge < -0.3 is 15.6 Å². The van der Waals surface area contributed by atoms with Crippen LogP contribution in [0.15, 0.2) is 102 Å². The summed E-state index contributed by atoms with van der Waals surface area (Å²) in [6.07, 6.45) is 2.82. The van der Waals surface area contributed by atoms with Crippen LogP contribution in [-0.4, -0.2) is 22.4 Å². The van der Waals surface area contributed by atoms with Crippen molar-refractivity contribution in [3.63, 3.8) is 0 Å². The smallest absolute Gasteiger partial charge is 0.244 e. The Morgan fingerprint density at radius 3 is 2.38 bits per heavy atom. The largest absolute Gasteiger partial charge is 0.337 e. The van der Waals surface area contributed by atoms with Crippen LogP contribution >= 0.6 is 0 Å². The molecule has 4 aromatic rings. The van der Waals surface area contributed by atoms with E-state index in [1.807, 2.05) is 95.7 Å². The first-order valence-corrected chi connectivity index (χ1v) is 11.7. The van der Waals surface area contributed by atoms with Crippen LogP contribution in [0.25, 0.3) is 17.0 Å². The van der Waals surface area contributed by atoms with Gasteiger partial charge in [-0.15, -0.1) is 0 Å². The van der Waals surface area contributed by atoms with E-state index in [9.17, 15) is 15.3 Å². The molecule has 0 fully saturated rings. The van der Waals surface area contributed by atoms with Gasteiger partial charge in [-0.2, -0.15) is 15.6 Å². The van der Waals surface area contributed by atoms with Gasteiger partial charge in [0.05, 0.1) is 23.0 Å². The number of fused-ring (bicyclic) bond motifs is 1. The Bertz CT molecular complexity index is 1590. The molecule has 8 heteroatoms. The van der Waals surface area contributed by atoms with Crippen molar-refractivity contribution >= 4 is 40.0 Å². The van der Waals surface area contributed by atoms with Crippen molar-refractivity contribution < 1.29 is 4.79 Å². The number of benzene rings is 3. The molecule has 0 radical (unpaired) electrons. The highest BCUT2D eigenvalue weighted by Gasteiger charge is 2.37. The van der Waals surface area contributed by atoms with Gasteiger partial charge in [-0.05, 0) is 36.4 Å². The third-order valence-electron chi connectivity index (χ3n) is 6.18. The molecule has 0 aliphatic carbocycles. The lowest BCUT2D eigenvalue weighted by Crippen LogP contribution is -2.40. The van der Waals surface area contributed by atoms with E-state index in [0.717, 1.165) is 27.8 Å². The van der Waals surface area contributed by atoms with Crippen LogP contribution in [0.1, 0.15) is 5.56 Å². The van der Waals surface area contributed by atoms with E-state index in [1.54, 1.807) is 11.1 Å². The van der Waals surface area contributed by atoms with Crippen LogP contribution in [0, 0.1) is 28.6 Å². The van der Waals surface area contributed by atoms with E-state index in [4.69, 9.17) is 5.73 Å². The Morgan fingerprint density at radius 2 is 1.68 bits per heavy atom. The average molecular weight is 486 g/mol. The molecule has 0 bridgehead atoms. The number of nitrogens with two attached hydrogens (primary N) is 1. The Morgan fingerprint density at radius 1 is 1.00 bits per heavy atom. The fourth-order valence-electron chi connectivity index (χ4n) is 4.43. The summed E-state index contributed by atoms with van der Waals surface area (Å²) in [5.74, 6) is -0.951. The summed E-state index contributed by atoms with van der Waals surface area (Å²) in [6, 6.07) is 30.6. The van der Waals surface area contributed by atoms with Gasteiger partial charge in [0, 0.05) is 28.4 Å². The number of hydrogen-bond donors (Lipinski definition) is 2. The number of allylic oxidation sites excluding steroid dienone is 1. The molecule has 1 aliphatic rings. The summed E-state index contributed by atoms with van der Waals surface area (Å²) in [6.45, 7) is 0.0968. The second-order valence-electron chi connectivity index (χ2n) is 8.58. The minimum atomic E-state index is -0.781. The zero-order valence-corrected chi connectivity index (χ0v) is 19.8. The Labute approximate surface area is 214 Å². The minimum absolute atomic E-state index is 0.0968. The number of carbonyl (C=O) groups excluding carboxylic acids is 1. The van der Waals surface area contributed by atoms with E-state index in [0.29, 0.717) is 5.71 Å². The fourth-order valence-corrected chi connectivity index (χ4v) is 4.43. The predicted molar refractivity (Wildman–Crippen MR) is 144 cm³/mol. The zero-order chi connectivity index (χ0) is 25.8. The highest BCUT2D eigenvalue weighted by Crippen LogP contribution is 2.30. The first-order valence-electron chi connectivity index (χ1n) is 11.7. The average Bonchev–Trinajstić information content (AvgIpc) is 3.45. The molecule has 0 saturated carbocycles. The SMILES string of the molecule is N#C/C(=C\c1cn(CC(=O)Nc2ccccc2)c2ccccc12)C1=NN(c2ccccc2)[C@@H](N)[C@@H]1C#N. The highest BCUT2D eigenvalue weighted by atomic mass is 16.1. The maximum absolute atomic E-state index is 12.7. The van der Waals surface area contributed by atoms with Gasteiger partial charge in [-0.25, -0.2) is 5.01 Å². The van der Waals surface area contributed by atoms with Gasteiger partial charge in [0.15, 0.2) is 0 Å². The molecular formula is C29H23N7O. The molecule has 3 aromatic carbocycles. The number of amides is 1. The van der Waals surface area contributed by atoms with Crippen molar-refractivity contribution in [1.29, 1.82) is 10.5 Å². The van der Waals surface area contributed by atoms with Gasteiger partial charge in [-0.1, -0.05) is 54.6 Å². The molecule has 1 amide bonds. The molecule has 1 aromatic heterocycles. The lowest BCUT2D eigenvalue weighted by Gasteiger charge is -2.21. The Balaban J connectivity index is 1.50. The normalized spacial score (nSPS) is 17.2. The number of aromatic nitrogens is 1. The topological polar surface area (TPSA) is 123 Å². The molecule has 1 aliphatic heterocycles. The minimum Gasteiger partial charge on any atom is -0.337 e. The van der Waals surface area contributed by atoms with Gasteiger partial charge in [0.2, 0.25) is 5.91 Å². The standard InChI is InChI=1S/C29H23N7O/c30-16-20(28-25(17-31)29(32)36(34-28)23-11-5-2-6-12-23)15-21-18-35(26-14-8-7-13-24(21)26)19-27(37)33-22-9-3-1-4-10-22/h1-15,18,25,29H,19,32H2,(H,33,37)/b20-15+/t25-,29-/m1/s1. The Kier molecular flexibility index (Phi) is 6.50. The second kappa shape index (κ2) is 10.2. The molecule has 8 nitrogen and oxygen atoms in total. The number of para-hydroxylation sites is 3. The van der Waals surface area contributed by atoms with Crippen LogP contribution in [0.3, 0.4) is 0 Å². The molecule has 37 heavy (non-hydrogen) atoms.